The summed E-state index contributed by atoms with van der Waals surface area (Å²) in [6.45, 7) is 0.00894. The summed E-state index contributed by atoms with van der Waals surface area (Å²) in [4.78, 5) is 14.6. The quantitative estimate of drug-likeness (QED) is 0.712. The lowest BCUT2D eigenvalue weighted by Gasteiger charge is -2.16. The van der Waals surface area contributed by atoms with E-state index in [2.05, 4.69) is 9.72 Å². The number of methoxy groups -OCH3 is 1. The Kier molecular flexibility index (Phi) is 4.97. The first-order chi connectivity index (χ1) is 8.91. The van der Waals surface area contributed by atoms with Crippen LogP contribution in [0.5, 0.6) is 0 Å². The molecule has 7 nitrogen and oxygen atoms in total. The van der Waals surface area contributed by atoms with Crippen LogP contribution in [0, 0.1) is 11.3 Å². The number of carbonyl (C=O) groups excluding carboxylic acids is 1. The third kappa shape index (κ3) is 3.74. The summed E-state index contributed by atoms with van der Waals surface area (Å²) in [6.07, 6.45) is 1.08. The molecule has 0 saturated carbocycles. The molecule has 0 unspecified atom stereocenters. The Labute approximate surface area is 111 Å². The molecule has 0 radical (unpaired) electrons. The highest BCUT2D eigenvalue weighted by Crippen LogP contribution is 2.13. The van der Waals surface area contributed by atoms with E-state index in [1.54, 1.807) is 6.07 Å². The molecule has 0 aromatic carbocycles. The first-order valence-corrected chi connectivity index (χ1v) is 6.75. The highest BCUT2D eigenvalue weighted by Gasteiger charge is 2.21. The zero-order valence-corrected chi connectivity index (χ0v) is 11.3. The van der Waals surface area contributed by atoms with E-state index in [-0.39, 0.29) is 23.6 Å². The van der Waals surface area contributed by atoms with Crippen molar-refractivity contribution < 1.29 is 17.9 Å². The van der Waals surface area contributed by atoms with Crippen LogP contribution in [0.4, 0.5) is 0 Å². The Morgan fingerprint density at radius 2 is 2.21 bits per heavy atom. The second-order valence-corrected chi connectivity index (χ2v) is 5.69. The van der Waals surface area contributed by atoms with Gasteiger partial charge in [-0.25, -0.2) is 17.7 Å². The summed E-state index contributed by atoms with van der Waals surface area (Å²) >= 11 is 0. The summed E-state index contributed by atoms with van der Waals surface area (Å²) < 4.78 is 29.6. The summed E-state index contributed by atoms with van der Waals surface area (Å²) in [5.41, 5.74) is 0.135. The number of pyridine rings is 1. The van der Waals surface area contributed by atoms with Gasteiger partial charge in [-0.15, -0.1) is 0 Å². The minimum atomic E-state index is -3.71. The zero-order chi connectivity index (χ0) is 14.5. The SMILES string of the molecule is COC(=O)CCN(C)S(=O)(=O)c1ccc(C#N)nc1. The largest absolute Gasteiger partial charge is 0.469 e. The zero-order valence-electron chi connectivity index (χ0n) is 10.5. The molecule has 0 aliphatic heterocycles. The van der Waals surface area contributed by atoms with Crippen LogP contribution in [0.2, 0.25) is 0 Å². The molecule has 0 aliphatic rings. The van der Waals surface area contributed by atoms with Crippen molar-refractivity contribution >= 4 is 16.0 Å². The predicted molar refractivity (Wildman–Crippen MR) is 65.4 cm³/mol. The van der Waals surface area contributed by atoms with E-state index in [1.165, 1.54) is 26.3 Å². The average molecular weight is 283 g/mol. The summed E-state index contributed by atoms with van der Waals surface area (Å²) in [6, 6.07) is 4.42. The van der Waals surface area contributed by atoms with E-state index in [1.807, 2.05) is 0 Å². The maximum absolute atomic E-state index is 12.1. The number of nitrogens with zero attached hydrogens (tertiary/aromatic N) is 3. The van der Waals surface area contributed by atoms with Gasteiger partial charge in [-0.05, 0) is 12.1 Å². The number of sulfonamides is 1. The van der Waals surface area contributed by atoms with Gasteiger partial charge in [0.15, 0.2) is 0 Å². The standard InChI is InChI=1S/C11H13N3O4S/c1-14(6-5-11(15)18-2)19(16,17)10-4-3-9(7-12)13-8-10/h3-4,8H,5-6H2,1-2H3. The van der Waals surface area contributed by atoms with Gasteiger partial charge >= 0.3 is 5.97 Å². The van der Waals surface area contributed by atoms with Crippen molar-refractivity contribution in [3.8, 4) is 6.07 Å². The van der Waals surface area contributed by atoms with E-state index in [9.17, 15) is 13.2 Å². The maximum atomic E-state index is 12.1. The van der Waals surface area contributed by atoms with Gasteiger partial charge in [-0.3, -0.25) is 4.79 Å². The van der Waals surface area contributed by atoms with Crippen molar-refractivity contribution in [2.75, 3.05) is 20.7 Å². The molecule has 0 amide bonds. The van der Waals surface area contributed by atoms with Crippen LogP contribution in [0.25, 0.3) is 0 Å². The van der Waals surface area contributed by atoms with E-state index in [4.69, 9.17) is 5.26 Å². The van der Waals surface area contributed by atoms with Crippen LogP contribution >= 0.6 is 0 Å². The highest BCUT2D eigenvalue weighted by molar-refractivity contribution is 7.89. The number of aromatic nitrogens is 1. The molecule has 102 valence electrons. The van der Waals surface area contributed by atoms with Gasteiger partial charge in [0.1, 0.15) is 16.7 Å². The first-order valence-electron chi connectivity index (χ1n) is 5.31. The number of carbonyl (C=O) groups is 1. The third-order valence-corrected chi connectivity index (χ3v) is 4.26. The van der Waals surface area contributed by atoms with Gasteiger partial charge in [0, 0.05) is 19.8 Å². The first kappa shape index (κ1) is 15.1. The number of ether oxygens (including phenoxy) is 1. The monoisotopic (exact) mass is 283 g/mol. The third-order valence-electron chi connectivity index (χ3n) is 2.42. The van der Waals surface area contributed by atoms with Crippen molar-refractivity contribution in [1.82, 2.24) is 9.29 Å². The second kappa shape index (κ2) is 6.26. The van der Waals surface area contributed by atoms with Crippen molar-refractivity contribution in [1.29, 1.82) is 5.26 Å². The fraction of sp³-hybridized carbons (Fsp3) is 0.364. The van der Waals surface area contributed by atoms with Crippen molar-refractivity contribution in [3.05, 3.63) is 24.0 Å². The molecule has 1 rings (SSSR count). The second-order valence-electron chi connectivity index (χ2n) is 3.64. The molecule has 0 fully saturated rings. The highest BCUT2D eigenvalue weighted by atomic mass is 32.2. The Bertz CT molecular complexity index is 589. The van der Waals surface area contributed by atoms with E-state index in [0.717, 1.165) is 10.5 Å². The lowest BCUT2D eigenvalue weighted by molar-refractivity contribution is -0.140. The number of hydrogen-bond donors (Lipinski definition) is 0. The van der Waals surface area contributed by atoms with E-state index in [0.29, 0.717) is 0 Å². The van der Waals surface area contributed by atoms with Gasteiger partial charge in [0.05, 0.1) is 13.5 Å². The number of nitriles is 1. The molecular weight excluding hydrogens is 270 g/mol. The summed E-state index contributed by atoms with van der Waals surface area (Å²) in [7, 11) is -1.12. The number of rotatable bonds is 5. The Balaban J connectivity index is 2.84. The van der Waals surface area contributed by atoms with Crippen LogP contribution in [0.3, 0.4) is 0 Å². The Morgan fingerprint density at radius 3 is 2.68 bits per heavy atom. The molecule has 0 bridgehead atoms. The lowest BCUT2D eigenvalue weighted by Crippen LogP contribution is -2.29. The lowest BCUT2D eigenvalue weighted by atomic mass is 10.4. The topological polar surface area (TPSA) is 100 Å². The molecule has 1 aromatic rings. The molecule has 1 heterocycles. The van der Waals surface area contributed by atoms with Gasteiger partial charge in [-0.1, -0.05) is 0 Å². The average Bonchev–Trinajstić information content (AvgIpc) is 2.44. The minimum absolute atomic E-state index is 0.00894. The molecule has 0 saturated heterocycles. The van der Waals surface area contributed by atoms with Gasteiger partial charge in [0.2, 0.25) is 10.0 Å². The predicted octanol–water partition coefficient (Wildman–Crippen LogP) is 0.137. The van der Waals surface area contributed by atoms with Crippen molar-refractivity contribution in [3.63, 3.8) is 0 Å². The van der Waals surface area contributed by atoms with E-state index >= 15 is 0 Å². The van der Waals surface area contributed by atoms with Gasteiger partial charge in [0.25, 0.3) is 0 Å². The Hall–Kier alpha value is -1.98. The fourth-order valence-electron chi connectivity index (χ4n) is 1.25. The molecule has 8 heteroatoms. The van der Waals surface area contributed by atoms with Crippen LogP contribution < -0.4 is 0 Å². The molecular formula is C11H13N3O4S. The van der Waals surface area contributed by atoms with Gasteiger partial charge in [-0.2, -0.15) is 5.26 Å². The maximum Gasteiger partial charge on any atom is 0.306 e. The molecule has 0 atom stereocenters. The molecule has 0 aliphatic carbocycles. The summed E-state index contributed by atoms with van der Waals surface area (Å²) in [5.74, 6) is -0.486. The van der Waals surface area contributed by atoms with Crippen molar-refractivity contribution in [2.45, 2.75) is 11.3 Å². The Morgan fingerprint density at radius 1 is 1.53 bits per heavy atom. The van der Waals surface area contributed by atoms with Crippen LogP contribution in [-0.2, 0) is 19.6 Å². The normalized spacial score (nSPS) is 11.1. The smallest absolute Gasteiger partial charge is 0.306 e. The van der Waals surface area contributed by atoms with E-state index < -0.39 is 16.0 Å². The fourth-order valence-corrected chi connectivity index (χ4v) is 2.37. The number of hydrogen-bond acceptors (Lipinski definition) is 6. The van der Waals surface area contributed by atoms with Crippen LogP contribution in [0.15, 0.2) is 23.2 Å². The van der Waals surface area contributed by atoms with Crippen LogP contribution in [-0.4, -0.2) is 44.4 Å². The van der Waals surface area contributed by atoms with Crippen molar-refractivity contribution in [2.24, 2.45) is 0 Å². The van der Waals surface area contributed by atoms with Crippen LogP contribution in [0.1, 0.15) is 12.1 Å². The minimum Gasteiger partial charge on any atom is -0.469 e. The summed E-state index contributed by atoms with van der Waals surface area (Å²) in [5, 5.41) is 8.59. The number of esters is 1. The molecule has 0 N–H and O–H groups in total. The molecule has 19 heavy (non-hydrogen) atoms. The van der Waals surface area contributed by atoms with Gasteiger partial charge < -0.3 is 4.74 Å². The molecule has 0 spiro atoms. The molecule has 1 aromatic heterocycles.